The maximum absolute atomic E-state index is 14.5. The van der Waals surface area contributed by atoms with Crippen LogP contribution in [-0.2, 0) is 7.05 Å². The number of amides is 1. The number of carbonyl (C=O) groups excluding carboxylic acids is 1. The number of hydrogen-bond donors (Lipinski definition) is 1. The van der Waals surface area contributed by atoms with Crippen LogP contribution in [0, 0.1) is 12.4 Å². The number of aryl methyl sites for hydroxylation is 1. The van der Waals surface area contributed by atoms with E-state index in [-0.39, 0.29) is 34.3 Å². The number of nitrogens with zero attached hydrogens (tertiary/aromatic N) is 6. The Morgan fingerprint density at radius 3 is 2.80 bits per heavy atom. The minimum Gasteiger partial charge on any atom is -0.336 e. The second kappa shape index (κ2) is 8.96. The summed E-state index contributed by atoms with van der Waals surface area (Å²) in [6.45, 7) is 8.07. The molecule has 0 saturated carbocycles. The van der Waals surface area contributed by atoms with E-state index < -0.39 is 5.82 Å². The van der Waals surface area contributed by atoms with Crippen molar-refractivity contribution in [2.24, 2.45) is 12.8 Å². The molecule has 1 atom stereocenters. The highest BCUT2D eigenvalue weighted by Crippen LogP contribution is 2.35. The first kappa shape index (κ1) is 23.3. The first-order valence-electron chi connectivity index (χ1n) is 10.9. The van der Waals surface area contributed by atoms with Gasteiger partial charge in [0.2, 0.25) is 5.69 Å². The number of fused-ring (bicyclic) bond motifs is 1. The summed E-state index contributed by atoms with van der Waals surface area (Å²) >= 11 is 13.3. The van der Waals surface area contributed by atoms with Gasteiger partial charge >= 0.3 is 0 Å². The molecule has 1 fully saturated rings. The highest BCUT2D eigenvalue weighted by Gasteiger charge is 2.30. The number of aromatic nitrogens is 4. The Morgan fingerprint density at radius 1 is 1.29 bits per heavy atom. The van der Waals surface area contributed by atoms with Gasteiger partial charge in [0.1, 0.15) is 22.3 Å². The molecule has 0 aliphatic carbocycles. The van der Waals surface area contributed by atoms with Crippen LogP contribution in [-0.4, -0.2) is 49.3 Å². The lowest BCUT2D eigenvalue weighted by molar-refractivity contribution is 0.0703. The van der Waals surface area contributed by atoms with Gasteiger partial charge in [0.15, 0.2) is 5.69 Å². The molecule has 1 aliphatic rings. The van der Waals surface area contributed by atoms with Gasteiger partial charge in [-0.25, -0.2) is 14.2 Å². The summed E-state index contributed by atoms with van der Waals surface area (Å²) in [5.74, 6) is -0.801. The van der Waals surface area contributed by atoms with Gasteiger partial charge in [0.25, 0.3) is 5.91 Å². The van der Waals surface area contributed by atoms with E-state index in [1.165, 1.54) is 12.1 Å². The predicted molar refractivity (Wildman–Crippen MR) is 133 cm³/mol. The van der Waals surface area contributed by atoms with E-state index in [0.717, 1.165) is 18.2 Å². The van der Waals surface area contributed by atoms with Crippen molar-refractivity contribution in [2.45, 2.75) is 18.9 Å². The number of hydrogen-bond acceptors (Lipinski definition) is 4. The molecule has 0 bridgehead atoms. The van der Waals surface area contributed by atoms with Crippen LogP contribution in [0.3, 0.4) is 0 Å². The van der Waals surface area contributed by atoms with Crippen LogP contribution in [0.15, 0.2) is 36.5 Å². The average molecular weight is 512 g/mol. The third-order valence-corrected chi connectivity index (χ3v) is 6.65. The molecule has 2 aromatic heterocycles. The molecule has 0 spiro atoms. The third kappa shape index (κ3) is 4.14. The van der Waals surface area contributed by atoms with Crippen molar-refractivity contribution in [3.05, 3.63) is 69.6 Å². The fraction of sp³-hybridized carbons (Fsp3) is 0.250. The monoisotopic (exact) mass is 511 g/mol. The van der Waals surface area contributed by atoms with Gasteiger partial charge in [-0.3, -0.25) is 14.0 Å². The number of nitrogens with two attached hydrogens (primary N) is 1. The van der Waals surface area contributed by atoms with Crippen molar-refractivity contribution in [3.8, 4) is 17.1 Å². The zero-order chi connectivity index (χ0) is 24.9. The highest BCUT2D eigenvalue weighted by molar-refractivity contribution is 6.35. The summed E-state index contributed by atoms with van der Waals surface area (Å²) in [4.78, 5) is 22.8. The van der Waals surface area contributed by atoms with Crippen LogP contribution in [0.1, 0.15) is 23.3 Å². The van der Waals surface area contributed by atoms with Gasteiger partial charge in [0, 0.05) is 43.3 Å². The standard InChI is InChI=1S/C24H20Cl2FN7O/c1-29-19-6-5-13(9-18(19)27)23-30-21(24(35)33-7-3-4-15(28)12-33)22(26)34(23)16-8-14-11-32(2)31-20(14)17(25)10-16/h5-6,8-11,15H,3-4,7,12,28H2,2H3/t15-/m1/s1. The van der Waals surface area contributed by atoms with Crippen molar-refractivity contribution >= 4 is 45.7 Å². The molecular formula is C24H20Cl2FN7O. The minimum atomic E-state index is -0.696. The smallest absolute Gasteiger partial charge is 0.275 e. The van der Waals surface area contributed by atoms with Crippen LogP contribution >= 0.6 is 23.2 Å². The molecule has 0 unspecified atom stereocenters. The average Bonchev–Trinajstić information content (AvgIpc) is 3.38. The summed E-state index contributed by atoms with van der Waals surface area (Å²) in [7, 11) is 1.79. The molecular weight excluding hydrogens is 492 g/mol. The Labute approximate surface area is 210 Å². The first-order chi connectivity index (χ1) is 16.8. The first-order valence-corrected chi connectivity index (χ1v) is 11.7. The van der Waals surface area contributed by atoms with Gasteiger partial charge in [-0.2, -0.15) is 5.10 Å². The molecule has 4 aromatic rings. The van der Waals surface area contributed by atoms with Crippen molar-refractivity contribution < 1.29 is 9.18 Å². The fourth-order valence-corrected chi connectivity index (χ4v) is 4.93. The Hall–Kier alpha value is -3.45. The lowest BCUT2D eigenvalue weighted by atomic mass is 10.1. The van der Waals surface area contributed by atoms with E-state index in [0.29, 0.717) is 34.9 Å². The molecule has 1 amide bonds. The number of carbonyl (C=O) groups is 1. The molecule has 11 heteroatoms. The summed E-state index contributed by atoms with van der Waals surface area (Å²) < 4.78 is 17.7. The molecule has 178 valence electrons. The van der Waals surface area contributed by atoms with Crippen LogP contribution < -0.4 is 5.73 Å². The molecule has 1 saturated heterocycles. The van der Waals surface area contributed by atoms with Crippen LogP contribution in [0.2, 0.25) is 10.2 Å². The Bertz CT molecular complexity index is 1520. The summed E-state index contributed by atoms with van der Waals surface area (Å²) in [5.41, 5.74) is 7.49. The van der Waals surface area contributed by atoms with Gasteiger partial charge in [0.05, 0.1) is 17.3 Å². The number of halogens is 3. The number of piperidine rings is 1. The van der Waals surface area contributed by atoms with Crippen LogP contribution in [0.4, 0.5) is 10.1 Å². The number of imidazole rings is 1. The zero-order valence-corrected chi connectivity index (χ0v) is 20.2. The lowest BCUT2D eigenvalue weighted by Crippen LogP contribution is -2.45. The number of rotatable bonds is 3. The third-order valence-electron chi connectivity index (χ3n) is 6.01. The van der Waals surface area contributed by atoms with Crippen molar-refractivity contribution in [1.29, 1.82) is 0 Å². The number of likely N-dealkylation sites (tertiary alicyclic amines) is 1. The van der Waals surface area contributed by atoms with E-state index in [1.807, 2.05) is 6.07 Å². The van der Waals surface area contributed by atoms with Gasteiger partial charge in [-0.1, -0.05) is 35.3 Å². The quantitative estimate of drug-likeness (QED) is 0.392. The summed E-state index contributed by atoms with van der Waals surface area (Å²) in [5, 5.41) is 5.57. The molecule has 2 N–H and O–H groups in total. The van der Waals surface area contributed by atoms with E-state index in [1.54, 1.807) is 39.5 Å². The molecule has 8 nitrogen and oxygen atoms in total. The lowest BCUT2D eigenvalue weighted by Gasteiger charge is -2.30. The molecule has 35 heavy (non-hydrogen) atoms. The molecule has 2 aromatic carbocycles. The van der Waals surface area contributed by atoms with Crippen LogP contribution in [0.5, 0.6) is 0 Å². The Balaban J connectivity index is 1.71. The van der Waals surface area contributed by atoms with Gasteiger partial charge in [-0.05, 0) is 31.0 Å². The van der Waals surface area contributed by atoms with Crippen LogP contribution in [0.25, 0.3) is 32.8 Å². The van der Waals surface area contributed by atoms with E-state index in [9.17, 15) is 9.18 Å². The van der Waals surface area contributed by atoms with Crippen molar-refractivity contribution in [2.75, 3.05) is 13.1 Å². The van der Waals surface area contributed by atoms with Crippen molar-refractivity contribution in [1.82, 2.24) is 24.2 Å². The van der Waals surface area contributed by atoms with E-state index in [2.05, 4.69) is 14.9 Å². The predicted octanol–water partition coefficient (Wildman–Crippen LogP) is 4.99. The second-order valence-electron chi connectivity index (χ2n) is 8.51. The van der Waals surface area contributed by atoms with E-state index >= 15 is 0 Å². The molecule has 5 rings (SSSR count). The largest absolute Gasteiger partial charge is 0.336 e. The summed E-state index contributed by atoms with van der Waals surface area (Å²) in [6, 6.07) is 7.52. The maximum atomic E-state index is 14.5. The minimum absolute atomic E-state index is 0.0350. The van der Waals surface area contributed by atoms with Gasteiger partial charge in [-0.15, -0.1) is 0 Å². The van der Waals surface area contributed by atoms with E-state index in [4.69, 9.17) is 35.5 Å². The molecule has 1 aliphatic heterocycles. The SMILES string of the molecule is [C-]#[N+]c1ccc(-c2nc(C(=O)N3CCC[C@@H](N)C3)c(Cl)n2-c2cc(Cl)c3nn(C)cc3c2)cc1F. The highest BCUT2D eigenvalue weighted by atomic mass is 35.5. The van der Waals surface area contributed by atoms with Crippen molar-refractivity contribution in [3.63, 3.8) is 0 Å². The topological polar surface area (TPSA) is 86.3 Å². The number of benzene rings is 2. The Morgan fingerprint density at radius 2 is 2.09 bits per heavy atom. The molecule has 0 radical (unpaired) electrons. The fourth-order valence-electron chi connectivity index (χ4n) is 4.37. The normalized spacial score (nSPS) is 16.0. The Kier molecular flexibility index (Phi) is 5.97. The molecule has 3 heterocycles. The zero-order valence-electron chi connectivity index (χ0n) is 18.7. The summed E-state index contributed by atoms with van der Waals surface area (Å²) in [6.07, 6.45) is 3.43. The maximum Gasteiger partial charge on any atom is 0.275 e. The second-order valence-corrected chi connectivity index (χ2v) is 9.28. The van der Waals surface area contributed by atoms with Gasteiger partial charge < -0.3 is 10.6 Å².